The summed E-state index contributed by atoms with van der Waals surface area (Å²) in [5.74, 6) is 1.04. The van der Waals surface area contributed by atoms with E-state index in [9.17, 15) is 0 Å². The normalized spacial score (nSPS) is 13.1. The van der Waals surface area contributed by atoms with E-state index in [1.165, 1.54) is 6.42 Å². The molecule has 2 heterocycles. The van der Waals surface area contributed by atoms with Crippen molar-refractivity contribution in [3.63, 3.8) is 0 Å². The second-order valence-electron chi connectivity index (χ2n) is 4.49. The molecule has 0 aliphatic rings. The molecule has 92 valence electrons. The molecule has 17 heavy (non-hydrogen) atoms. The average Bonchev–Trinajstić information content (AvgIpc) is 2.63. The molecule has 0 spiro atoms. The molecule has 0 saturated heterocycles. The second-order valence-corrected chi connectivity index (χ2v) is 4.49. The number of imidazole rings is 1. The summed E-state index contributed by atoms with van der Waals surface area (Å²) in [5, 5.41) is 0. The number of nitrogens with two attached hydrogens (primary N) is 1. The fourth-order valence-electron chi connectivity index (χ4n) is 2.34. The summed E-state index contributed by atoms with van der Waals surface area (Å²) < 4.78 is 1.92. The van der Waals surface area contributed by atoms with Gasteiger partial charge in [-0.25, -0.2) is 4.98 Å². The Morgan fingerprint density at radius 1 is 1.41 bits per heavy atom. The van der Waals surface area contributed by atoms with E-state index in [2.05, 4.69) is 23.8 Å². The van der Waals surface area contributed by atoms with Crippen LogP contribution in [0, 0.1) is 0 Å². The predicted molar refractivity (Wildman–Crippen MR) is 70.9 cm³/mol. The highest BCUT2D eigenvalue weighted by Gasteiger charge is 2.17. The molecule has 2 aromatic rings. The van der Waals surface area contributed by atoms with Gasteiger partial charge in [-0.1, -0.05) is 20.3 Å². The van der Waals surface area contributed by atoms with Crippen LogP contribution in [0.1, 0.15) is 44.7 Å². The van der Waals surface area contributed by atoms with E-state index in [0.717, 1.165) is 29.6 Å². The maximum absolute atomic E-state index is 5.86. The molecule has 2 rings (SSSR count). The zero-order valence-corrected chi connectivity index (χ0v) is 10.8. The van der Waals surface area contributed by atoms with E-state index in [0.29, 0.717) is 11.9 Å². The van der Waals surface area contributed by atoms with Crippen LogP contribution in [0.3, 0.4) is 0 Å². The number of rotatable bonds is 4. The first-order valence-corrected chi connectivity index (χ1v) is 6.25. The Balaban J connectivity index is 2.57. The van der Waals surface area contributed by atoms with Gasteiger partial charge in [-0.15, -0.1) is 0 Å². The zero-order chi connectivity index (χ0) is 12.4. The molecule has 0 aliphatic heterocycles. The van der Waals surface area contributed by atoms with Crippen LogP contribution < -0.4 is 5.73 Å². The minimum absolute atomic E-state index is 0.484. The summed E-state index contributed by atoms with van der Waals surface area (Å²) in [7, 11) is 1.94. The maximum atomic E-state index is 5.86. The van der Waals surface area contributed by atoms with Crippen molar-refractivity contribution < 1.29 is 0 Å². The Morgan fingerprint density at radius 3 is 2.82 bits per heavy atom. The van der Waals surface area contributed by atoms with Gasteiger partial charge in [0.05, 0.1) is 11.2 Å². The number of hydrogen-bond donors (Lipinski definition) is 1. The standard InChI is InChI=1S/C13H20N4/c1-4-6-9(5-2)11-12-10(7-8-15-11)17(3)13(14)16-12/h7-9H,4-6H2,1-3H3,(H2,14,16). The van der Waals surface area contributed by atoms with Gasteiger partial charge in [-0.3, -0.25) is 4.98 Å². The molecular weight excluding hydrogens is 212 g/mol. The van der Waals surface area contributed by atoms with Crippen LogP contribution in [0.2, 0.25) is 0 Å². The number of aryl methyl sites for hydroxylation is 1. The molecule has 1 atom stereocenters. The average molecular weight is 232 g/mol. The Hall–Kier alpha value is -1.58. The van der Waals surface area contributed by atoms with Crippen LogP contribution in [-0.2, 0) is 7.05 Å². The van der Waals surface area contributed by atoms with Crippen LogP contribution in [0.25, 0.3) is 11.0 Å². The van der Waals surface area contributed by atoms with Gasteiger partial charge in [0.1, 0.15) is 5.52 Å². The van der Waals surface area contributed by atoms with Gasteiger partial charge < -0.3 is 10.3 Å². The lowest BCUT2D eigenvalue weighted by Crippen LogP contribution is -2.01. The molecule has 0 amide bonds. The van der Waals surface area contributed by atoms with E-state index in [1.807, 2.05) is 23.9 Å². The molecule has 0 radical (unpaired) electrons. The first-order valence-electron chi connectivity index (χ1n) is 6.25. The number of nitrogen functional groups attached to an aromatic ring is 1. The highest BCUT2D eigenvalue weighted by molar-refractivity contribution is 5.80. The Labute approximate surface area is 102 Å². The molecule has 0 saturated carbocycles. The topological polar surface area (TPSA) is 56.7 Å². The summed E-state index contributed by atoms with van der Waals surface area (Å²) in [5.41, 5.74) is 8.99. The van der Waals surface area contributed by atoms with Crippen molar-refractivity contribution >= 4 is 17.0 Å². The van der Waals surface area contributed by atoms with Crippen molar-refractivity contribution in [3.05, 3.63) is 18.0 Å². The van der Waals surface area contributed by atoms with Gasteiger partial charge >= 0.3 is 0 Å². The van der Waals surface area contributed by atoms with Crippen molar-refractivity contribution in [1.82, 2.24) is 14.5 Å². The Bertz CT molecular complexity index is 515. The van der Waals surface area contributed by atoms with Crippen molar-refractivity contribution in [2.24, 2.45) is 7.05 Å². The van der Waals surface area contributed by atoms with Gasteiger partial charge in [0, 0.05) is 19.2 Å². The van der Waals surface area contributed by atoms with E-state index in [4.69, 9.17) is 5.73 Å². The van der Waals surface area contributed by atoms with Crippen molar-refractivity contribution in [3.8, 4) is 0 Å². The number of nitrogens with zero attached hydrogens (tertiary/aromatic N) is 3. The first-order chi connectivity index (χ1) is 8.19. The number of aromatic nitrogens is 3. The molecule has 4 heteroatoms. The van der Waals surface area contributed by atoms with Gasteiger partial charge in [0.25, 0.3) is 0 Å². The fraction of sp³-hybridized carbons (Fsp3) is 0.538. The van der Waals surface area contributed by atoms with Gasteiger partial charge in [0.2, 0.25) is 5.95 Å². The molecule has 0 aliphatic carbocycles. The third-order valence-corrected chi connectivity index (χ3v) is 3.38. The number of anilines is 1. The number of fused-ring (bicyclic) bond motifs is 1. The molecule has 2 N–H and O–H groups in total. The number of hydrogen-bond acceptors (Lipinski definition) is 3. The summed E-state index contributed by atoms with van der Waals surface area (Å²) in [6.45, 7) is 4.41. The third-order valence-electron chi connectivity index (χ3n) is 3.38. The highest BCUT2D eigenvalue weighted by atomic mass is 15.1. The Kier molecular flexibility index (Phi) is 3.31. The van der Waals surface area contributed by atoms with Crippen LogP contribution in [0.15, 0.2) is 12.3 Å². The quantitative estimate of drug-likeness (QED) is 0.881. The summed E-state index contributed by atoms with van der Waals surface area (Å²) >= 11 is 0. The minimum Gasteiger partial charge on any atom is -0.369 e. The second kappa shape index (κ2) is 4.73. The zero-order valence-electron chi connectivity index (χ0n) is 10.8. The SMILES string of the molecule is CCCC(CC)c1nccc2c1nc(N)n2C. The van der Waals surface area contributed by atoms with E-state index < -0.39 is 0 Å². The van der Waals surface area contributed by atoms with Crippen molar-refractivity contribution in [2.75, 3.05) is 5.73 Å². The van der Waals surface area contributed by atoms with Crippen LogP contribution in [0.4, 0.5) is 5.95 Å². The first kappa shape index (κ1) is 11.9. The Morgan fingerprint density at radius 2 is 2.18 bits per heavy atom. The molecular formula is C13H20N4. The van der Waals surface area contributed by atoms with E-state index in [-0.39, 0.29) is 0 Å². The third kappa shape index (κ3) is 1.99. The lowest BCUT2D eigenvalue weighted by Gasteiger charge is -2.13. The predicted octanol–water partition coefficient (Wildman–Crippen LogP) is 2.84. The van der Waals surface area contributed by atoms with E-state index >= 15 is 0 Å². The monoisotopic (exact) mass is 232 g/mol. The fourth-order valence-corrected chi connectivity index (χ4v) is 2.34. The molecule has 0 aromatic carbocycles. The molecule has 4 nitrogen and oxygen atoms in total. The summed E-state index contributed by atoms with van der Waals surface area (Å²) in [4.78, 5) is 8.96. The van der Waals surface area contributed by atoms with Crippen molar-refractivity contribution in [1.29, 1.82) is 0 Å². The highest BCUT2D eigenvalue weighted by Crippen LogP contribution is 2.29. The van der Waals surface area contributed by atoms with Gasteiger partial charge in [0.15, 0.2) is 0 Å². The maximum Gasteiger partial charge on any atom is 0.201 e. The molecule has 0 fully saturated rings. The van der Waals surface area contributed by atoms with Crippen molar-refractivity contribution in [2.45, 2.75) is 39.0 Å². The van der Waals surface area contributed by atoms with Crippen LogP contribution in [-0.4, -0.2) is 14.5 Å². The lowest BCUT2D eigenvalue weighted by atomic mass is 9.95. The molecule has 0 bridgehead atoms. The van der Waals surface area contributed by atoms with Crippen LogP contribution in [0.5, 0.6) is 0 Å². The van der Waals surface area contributed by atoms with E-state index in [1.54, 1.807) is 0 Å². The largest absolute Gasteiger partial charge is 0.369 e. The van der Waals surface area contributed by atoms with Crippen LogP contribution >= 0.6 is 0 Å². The lowest BCUT2D eigenvalue weighted by molar-refractivity contribution is 0.585. The smallest absolute Gasteiger partial charge is 0.201 e. The molecule has 1 unspecified atom stereocenters. The summed E-state index contributed by atoms with van der Waals surface area (Å²) in [6, 6.07) is 1.97. The van der Waals surface area contributed by atoms with Gasteiger partial charge in [-0.2, -0.15) is 0 Å². The summed E-state index contributed by atoms with van der Waals surface area (Å²) in [6.07, 6.45) is 5.27. The minimum atomic E-state index is 0.484. The molecule has 2 aromatic heterocycles. The van der Waals surface area contributed by atoms with Gasteiger partial charge in [-0.05, 0) is 18.9 Å². The number of pyridine rings is 1.